The Hall–Kier alpha value is -1.40. The molecule has 0 aliphatic heterocycles. The summed E-state index contributed by atoms with van der Waals surface area (Å²) in [7, 11) is 0. The molecule has 0 saturated carbocycles. The van der Waals surface area contributed by atoms with Gasteiger partial charge in [-0.2, -0.15) is 0 Å². The first kappa shape index (κ1) is 20.6. The maximum atomic E-state index is 13.3. The monoisotopic (exact) mass is 336 g/mol. The number of hydrogen-bond acceptors (Lipinski definition) is 3. The lowest BCUT2D eigenvalue weighted by atomic mass is 10.2. The van der Waals surface area contributed by atoms with Crippen LogP contribution in [0, 0.1) is 11.6 Å². The van der Waals surface area contributed by atoms with Crippen molar-refractivity contribution in [3.05, 3.63) is 29.8 Å². The molecule has 0 bridgehead atoms. The summed E-state index contributed by atoms with van der Waals surface area (Å²) in [4.78, 5) is 11.6. The number of carbonyl (C=O) groups is 1. The lowest BCUT2D eigenvalue weighted by Crippen LogP contribution is -2.38. The molecular formula is C15H23ClF2N2O2. The Morgan fingerprint density at radius 2 is 2.09 bits per heavy atom. The summed E-state index contributed by atoms with van der Waals surface area (Å²) in [5.41, 5.74) is 0. The second-order valence-corrected chi connectivity index (χ2v) is 4.79. The predicted molar refractivity (Wildman–Crippen MR) is 84.5 cm³/mol. The second-order valence-electron chi connectivity index (χ2n) is 4.79. The minimum Gasteiger partial charge on any atom is -0.491 e. The number of halogens is 3. The molecular weight excluding hydrogens is 314 g/mol. The van der Waals surface area contributed by atoms with Crippen molar-refractivity contribution in [1.82, 2.24) is 10.6 Å². The van der Waals surface area contributed by atoms with Crippen LogP contribution in [0.2, 0.25) is 0 Å². The van der Waals surface area contributed by atoms with Crippen LogP contribution in [0.25, 0.3) is 0 Å². The molecule has 1 aromatic carbocycles. The second kappa shape index (κ2) is 11.2. The van der Waals surface area contributed by atoms with Gasteiger partial charge in [0.1, 0.15) is 5.82 Å². The molecule has 1 atom stereocenters. The van der Waals surface area contributed by atoms with Gasteiger partial charge in [-0.25, -0.2) is 8.78 Å². The van der Waals surface area contributed by atoms with Crippen LogP contribution in [0.1, 0.15) is 26.7 Å². The van der Waals surface area contributed by atoms with Crippen LogP contribution < -0.4 is 15.4 Å². The summed E-state index contributed by atoms with van der Waals surface area (Å²) < 4.78 is 31.1. The first-order valence-corrected chi connectivity index (χ1v) is 7.10. The largest absolute Gasteiger partial charge is 0.491 e. The van der Waals surface area contributed by atoms with Crippen molar-refractivity contribution in [1.29, 1.82) is 0 Å². The van der Waals surface area contributed by atoms with Gasteiger partial charge in [0.15, 0.2) is 11.6 Å². The number of nitrogens with one attached hydrogen (secondary N) is 2. The molecule has 0 spiro atoms. The standard InChI is InChI=1S/C15H22F2N2O2.ClH/c1-3-18-11(2)10-19-15(20)5-4-8-21-14-7-6-12(16)9-13(14)17;/h6-7,9,11,18H,3-5,8,10H2,1-2H3,(H,19,20);1H/t11-;/m1./s1. The fourth-order valence-electron chi connectivity index (χ4n) is 1.78. The average Bonchev–Trinajstić information content (AvgIpc) is 2.43. The molecule has 0 aliphatic rings. The average molecular weight is 337 g/mol. The van der Waals surface area contributed by atoms with Crippen molar-refractivity contribution < 1.29 is 18.3 Å². The minimum absolute atomic E-state index is 0. The minimum atomic E-state index is -0.737. The molecule has 0 fully saturated rings. The Morgan fingerprint density at radius 1 is 1.36 bits per heavy atom. The summed E-state index contributed by atoms with van der Waals surface area (Å²) in [5, 5.41) is 5.99. The third-order valence-corrected chi connectivity index (χ3v) is 2.86. The fourth-order valence-corrected chi connectivity index (χ4v) is 1.78. The quantitative estimate of drug-likeness (QED) is 0.682. The number of benzene rings is 1. The Balaban J connectivity index is 0.00000441. The van der Waals surface area contributed by atoms with E-state index < -0.39 is 11.6 Å². The Morgan fingerprint density at radius 3 is 2.73 bits per heavy atom. The van der Waals surface area contributed by atoms with E-state index in [1.165, 1.54) is 6.07 Å². The SMILES string of the molecule is CCN[C@H](C)CNC(=O)CCCOc1ccc(F)cc1F.Cl. The third kappa shape index (κ3) is 8.14. The number of ether oxygens (including phenoxy) is 1. The van der Waals surface area contributed by atoms with Gasteiger partial charge in [-0.15, -0.1) is 12.4 Å². The highest BCUT2D eigenvalue weighted by Crippen LogP contribution is 2.17. The number of carbonyl (C=O) groups excluding carboxylic acids is 1. The third-order valence-electron chi connectivity index (χ3n) is 2.86. The lowest BCUT2D eigenvalue weighted by molar-refractivity contribution is -0.121. The Labute approximate surface area is 136 Å². The maximum absolute atomic E-state index is 13.3. The van der Waals surface area contributed by atoms with Gasteiger partial charge in [-0.05, 0) is 32.0 Å². The highest BCUT2D eigenvalue weighted by Gasteiger charge is 2.07. The van der Waals surface area contributed by atoms with Gasteiger partial charge >= 0.3 is 0 Å². The highest BCUT2D eigenvalue weighted by molar-refractivity contribution is 5.85. The van der Waals surface area contributed by atoms with Crippen molar-refractivity contribution in [2.75, 3.05) is 19.7 Å². The van der Waals surface area contributed by atoms with Crippen LogP contribution in [0.5, 0.6) is 5.75 Å². The molecule has 0 heterocycles. The molecule has 0 aromatic heterocycles. The molecule has 0 aliphatic carbocycles. The van der Waals surface area contributed by atoms with Crippen molar-refractivity contribution in [2.24, 2.45) is 0 Å². The van der Waals surface area contributed by atoms with E-state index in [0.717, 1.165) is 18.7 Å². The number of hydrogen-bond donors (Lipinski definition) is 2. The van der Waals surface area contributed by atoms with Crippen molar-refractivity contribution >= 4 is 18.3 Å². The van der Waals surface area contributed by atoms with Gasteiger partial charge in [0.25, 0.3) is 0 Å². The normalized spacial score (nSPS) is 11.5. The topological polar surface area (TPSA) is 50.4 Å². The van der Waals surface area contributed by atoms with E-state index in [4.69, 9.17) is 4.74 Å². The zero-order chi connectivity index (χ0) is 15.7. The molecule has 1 rings (SSSR count). The zero-order valence-corrected chi connectivity index (χ0v) is 13.6. The van der Waals surface area contributed by atoms with E-state index in [0.29, 0.717) is 19.4 Å². The van der Waals surface area contributed by atoms with Gasteiger partial charge < -0.3 is 15.4 Å². The number of likely N-dealkylation sites (N-methyl/N-ethyl adjacent to an activating group) is 1. The van der Waals surface area contributed by atoms with Gasteiger partial charge in [0.2, 0.25) is 5.91 Å². The molecule has 0 unspecified atom stereocenters. The lowest BCUT2D eigenvalue weighted by Gasteiger charge is -2.13. The van der Waals surface area contributed by atoms with Crippen molar-refractivity contribution in [3.8, 4) is 5.75 Å². The smallest absolute Gasteiger partial charge is 0.220 e. The van der Waals surface area contributed by atoms with E-state index in [-0.39, 0.29) is 36.7 Å². The van der Waals surface area contributed by atoms with Gasteiger partial charge in [-0.3, -0.25) is 4.79 Å². The number of amides is 1. The zero-order valence-electron chi connectivity index (χ0n) is 12.8. The van der Waals surface area contributed by atoms with Gasteiger partial charge in [0.05, 0.1) is 6.61 Å². The van der Waals surface area contributed by atoms with E-state index >= 15 is 0 Å². The van der Waals surface area contributed by atoms with Crippen LogP contribution in [0.3, 0.4) is 0 Å². The summed E-state index contributed by atoms with van der Waals surface area (Å²) in [5.74, 6) is -1.45. The summed E-state index contributed by atoms with van der Waals surface area (Å²) in [6.45, 7) is 5.63. The predicted octanol–water partition coefficient (Wildman–Crippen LogP) is 2.66. The van der Waals surface area contributed by atoms with E-state index in [1.54, 1.807) is 0 Å². The van der Waals surface area contributed by atoms with Crippen LogP contribution >= 0.6 is 12.4 Å². The summed E-state index contributed by atoms with van der Waals surface area (Å²) in [6.07, 6.45) is 0.778. The Bertz CT molecular complexity index is 461. The first-order valence-electron chi connectivity index (χ1n) is 7.10. The summed E-state index contributed by atoms with van der Waals surface area (Å²) >= 11 is 0. The van der Waals surface area contributed by atoms with E-state index in [9.17, 15) is 13.6 Å². The van der Waals surface area contributed by atoms with Crippen LogP contribution in [0.4, 0.5) is 8.78 Å². The van der Waals surface area contributed by atoms with E-state index in [1.807, 2.05) is 13.8 Å². The molecule has 4 nitrogen and oxygen atoms in total. The molecule has 22 heavy (non-hydrogen) atoms. The van der Waals surface area contributed by atoms with Crippen LogP contribution in [-0.2, 0) is 4.79 Å². The molecule has 1 amide bonds. The van der Waals surface area contributed by atoms with Crippen molar-refractivity contribution in [3.63, 3.8) is 0 Å². The van der Waals surface area contributed by atoms with Crippen molar-refractivity contribution in [2.45, 2.75) is 32.7 Å². The number of rotatable bonds is 9. The van der Waals surface area contributed by atoms with Gasteiger partial charge in [-0.1, -0.05) is 6.92 Å². The van der Waals surface area contributed by atoms with Crippen LogP contribution in [0.15, 0.2) is 18.2 Å². The van der Waals surface area contributed by atoms with Gasteiger partial charge in [0, 0.05) is 25.1 Å². The first-order chi connectivity index (χ1) is 10.0. The fraction of sp³-hybridized carbons (Fsp3) is 0.533. The molecule has 0 radical (unpaired) electrons. The molecule has 1 aromatic rings. The molecule has 7 heteroatoms. The highest BCUT2D eigenvalue weighted by atomic mass is 35.5. The molecule has 126 valence electrons. The van der Waals surface area contributed by atoms with Crippen LogP contribution in [-0.4, -0.2) is 31.6 Å². The molecule has 2 N–H and O–H groups in total. The summed E-state index contributed by atoms with van der Waals surface area (Å²) in [6, 6.07) is 3.36. The Kier molecular flexibility index (Phi) is 10.5. The maximum Gasteiger partial charge on any atom is 0.220 e. The molecule has 0 saturated heterocycles. The van der Waals surface area contributed by atoms with E-state index in [2.05, 4.69) is 10.6 Å².